The molecule has 7 heteroatoms. The molecule has 2 N–H and O–H groups in total. The Labute approximate surface area is 113 Å². The first-order valence-corrected chi connectivity index (χ1v) is 7.31. The smallest absolute Gasteiger partial charge is 0.338 e. The molecule has 1 rings (SSSR count). The maximum Gasteiger partial charge on any atom is 0.338 e. The predicted octanol–water partition coefficient (Wildman–Crippen LogP) is 0.443. The summed E-state index contributed by atoms with van der Waals surface area (Å²) in [5.74, 6) is -0.471. The number of nitrogens with zero attached hydrogens (tertiary/aromatic N) is 1. The summed E-state index contributed by atoms with van der Waals surface area (Å²) in [6.07, 6.45) is 0. The Morgan fingerprint density at radius 2 is 1.89 bits per heavy atom. The second kappa shape index (κ2) is 6.65. The van der Waals surface area contributed by atoms with Crippen LogP contribution < -0.4 is 5.73 Å². The summed E-state index contributed by atoms with van der Waals surface area (Å²) < 4.78 is 30.2. The first-order valence-electron chi connectivity index (χ1n) is 5.87. The lowest BCUT2D eigenvalue weighted by Gasteiger charge is -2.16. The Kier molecular flexibility index (Phi) is 5.46. The molecule has 1 aromatic rings. The molecule has 0 fully saturated rings. The molecule has 6 nitrogen and oxygen atoms in total. The lowest BCUT2D eigenvalue weighted by atomic mass is 10.2. The van der Waals surface area contributed by atoms with E-state index in [-0.39, 0.29) is 24.6 Å². The third-order valence-electron chi connectivity index (χ3n) is 2.52. The van der Waals surface area contributed by atoms with Crippen molar-refractivity contribution in [3.8, 4) is 0 Å². The number of likely N-dealkylation sites (N-methyl/N-ethyl adjacent to an activating group) is 1. The van der Waals surface area contributed by atoms with E-state index in [0.29, 0.717) is 5.56 Å². The van der Waals surface area contributed by atoms with Gasteiger partial charge in [0.05, 0.1) is 17.1 Å². The molecule has 1 aromatic carbocycles. The van der Waals surface area contributed by atoms with Gasteiger partial charge in [0.15, 0.2) is 0 Å². The summed E-state index contributed by atoms with van der Waals surface area (Å²) >= 11 is 0. The van der Waals surface area contributed by atoms with Crippen molar-refractivity contribution in [2.45, 2.75) is 11.8 Å². The Hall–Kier alpha value is -1.44. The molecular weight excluding hydrogens is 268 g/mol. The summed E-state index contributed by atoms with van der Waals surface area (Å²) in [6.45, 7) is 2.47. The van der Waals surface area contributed by atoms with E-state index in [1.54, 1.807) is 6.92 Å². The summed E-state index contributed by atoms with van der Waals surface area (Å²) in [5.41, 5.74) is 5.66. The Morgan fingerprint density at radius 3 is 2.37 bits per heavy atom. The highest BCUT2D eigenvalue weighted by Gasteiger charge is 2.20. The first-order chi connectivity index (χ1) is 8.93. The fourth-order valence-electron chi connectivity index (χ4n) is 1.46. The molecule has 0 aliphatic carbocycles. The second-order valence-corrected chi connectivity index (χ2v) is 5.90. The van der Waals surface area contributed by atoms with Gasteiger partial charge in [0, 0.05) is 20.1 Å². The van der Waals surface area contributed by atoms with Gasteiger partial charge >= 0.3 is 5.97 Å². The van der Waals surface area contributed by atoms with Crippen molar-refractivity contribution in [1.82, 2.24) is 4.31 Å². The van der Waals surface area contributed by atoms with Gasteiger partial charge in [0.25, 0.3) is 0 Å². The summed E-state index contributed by atoms with van der Waals surface area (Å²) in [7, 11) is -2.09. The van der Waals surface area contributed by atoms with E-state index >= 15 is 0 Å². The van der Waals surface area contributed by atoms with Crippen LogP contribution in [0, 0.1) is 0 Å². The number of esters is 1. The van der Waals surface area contributed by atoms with Crippen molar-refractivity contribution in [3.63, 3.8) is 0 Å². The number of rotatable bonds is 6. The largest absolute Gasteiger partial charge is 0.462 e. The molecule has 0 heterocycles. The molecule has 0 spiro atoms. The van der Waals surface area contributed by atoms with Crippen LogP contribution in [0.25, 0.3) is 0 Å². The molecule has 0 aromatic heterocycles. The van der Waals surface area contributed by atoms with E-state index in [9.17, 15) is 13.2 Å². The minimum atomic E-state index is -3.55. The molecule has 106 valence electrons. The van der Waals surface area contributed by atoms with Gasteiger partial charge in [-0.05, 0) is 31.2 Å². The van der Waals surface area contributed by atoms with Crippen LogP contribution in [0.3, 0.4) is 0 Å². The summed E-state index contributed by atoms with van der Waals surface area (Å²) in [4.78, 5) is 11.6. The highest BCUT2D eigenvalue weighted by molar-refractivity contribution is 7.89. The molecule has 19 heavy (non-hydrogen) atoms. The maximum absolute atomic E-state index is 12.1. The van der Waals surface area contributed by atoms with E-state index < -0.39 is 16.0 Å². The molecule has 0 atom stereocenters. The van der Waals surface area contributed by atoms with E-state index in [1.807, 2.05) is 0 Å². The molecular formula is C12H18N2O4S. The molecule has 0 amide bonds. The third-order valence-corrected chi connectivity index (χ3v) is 4.39. The third kappa shape index (κ3) is 3.76. The molecule has 0 radical (unpaired) electrons. The van der Waals surface area contributed by atoms with Crippen molar-refractivity contribution in [3.05, 3.63) is 29.8 Å². The van der Waals surface area contributed by atoms with E-state index in [2.05, 4.69) is 0 Å². The van der Waals surface area contributed by atoms with E-state index in [0.717, 1.165) is 0 Å². The van der Waals surface area contributed by atoms with Crippen LogP contribution in [-0.2, 0) is 14.8 Å². The highest BCUT2D eigenvalue weighted by atomic mass is 32.2. The average molecular weight is 286 g/mol. The average Bonchev–Trinajstić information content (AvgIpc) is 2.39. The zero-order chi connectivity index (χ0) is 14.5. The number of nitrogens with two attached hydrogens (primary N) is 1. The Morgan fingerprint density at radius 1 is 1.32 bits per heavy atom. The zero-order valence-corrected chi connectivity index (χ0v) is 11.8. The number of hydrogen-bond acceptors (Lipinski definition) is 5. The molecule has 0 saturated carbocycles. The van der Waals surface area contributed by atoms with Gasteiger partial charge in [-0.25, -0.2) is 13.2 Å². The van der Waals surface area contributed by atoms with Gasteiger partial charge in [0.1, 0.15) is 0 Å². The molecule has 0 saturated heterocycles. The Balaban J connectivity index is 2.95. The van der Waals surface area contributed by atoms with Gasteiger partial charge in [-0.2, -0.15) is 4.31 Å². The van der Waals surface area contributed by atoms with E-state index in [4.69, 9.17) is 10.5 Å². The first kappa shape index (κ1) is 15.6. The van der Waals surface area contributed by atoms with Gasteiger partial charge in [0.2, 0.25) is 10.0 Å². The monoisotopic (exact) mass is 286 g/mol. The summed E-state index contributed by atoms with van der Waals surface area (Å²) in [6, 6.07) is 5.63. The lowest BCUT2D eigenvalue weighted by Crippen LogP contribution is -2.31. The topological polar surface area (TPSA) is 89.7 Å². The van der Waals surface area contributed by atoms with Gasteiger partial charge < -0.3 is 10.5 Å². The number of hydrogen-bond donors (Lipinski definition) is 1. The van der Waals surface area contributed by atoms with Crippen LogP contribution in [0.4, 0.5) is 0 Å². The predicted molar refractivity (Wildman–Crippen MR) is 71.3 cm³/mol. The maximum atomic E-state index is 12.1. The fraction of sp³-hybridized carbons (Fsp3) is 0.417. The van der Waals surface area contributed by atoms with Crippen molar-refractivity contribution in [2.75, 3.05) is 26.7 Å². The van der Waals surface area contributed by atoms with Gasteiger partial charge in [-0.3, -0.25) is 0 Å². The van der Waals surface area contributed by atoms with Crippen LogP contribution in [0.15, 0.2) is 29.2 Å². The van der Waals surface area contributed by atoms with E-state index in [1.165, 1.54) is 35.6 Å². The van der Waals surface area contributed by atoms with Crippen molar-refractivity contribution < 1.29 is 17.9 Å². The van der Waals surface area contributed by atoms with Crippen molar-refractivity contribution in [2.24, 2.45) is 5.73 Å². The standard InChI is InChI=1S/C12H18N2O4S/c1-3-18-12(15)10-4-6-11(7-5-10)19(16,17)14(2)9-8-13/h4-7H,3,8-9,13H2,1-2H3. The minimum Gasteiger partial charge on any atom is -0.462 e. The lowest BCUT2D eigenvalue weighted by molar-refractivity contribution is 0.0526. The van der Waals surface area contributed by atoms with Crippen LogP contribution >= 0.6 is 0 Å². The molecule has 0 bridgehead atoms. The number of benzene rings is 1. The fourth-order valence-corrected chi connectivity index (χ4v) is 2.65. The van der Waals surface area contributed by atoms with Crippen LogP contribution in [0.1, 0.15) is 17.3 Å². The van der Waals surface area contributed by atoms with Crippen LogP contribution in [0.5, 0.6) is 0 Å². The molecule has 0 unspecified atom stereocenters. The van der Waals surface area contributed by atoms with Crippen LogP contribution in [-0.4, -0.2) is 45.4 Å². The highest BCUT2D eigenvalue weighted by Crippen LogP contribution is 2.15. The normalized spacial score (nSPS) is 11.6. The molecule has 0 aliphatic heterocycles. The zero-order valence-electron chi connectivity index (χ0n) is 11.0. The number of sulfonamides is 1. The number of carbonyl (C=O) groups is 1. The SMILES string of the molecule is CCOC(=O)c1ccc(S(=O)(=O)N(C)CCN)cc1. The second-order valence-electron chi connectivity index (χ2n) is 3.86. The van der Waals surface area contributed by atoms with Crippen LogP contribution in [0.2, 0.25) is 0 Å². The summed E-state index contributed by atoms with van der Waals surface area (Å²) in [5, 5.41) is 0. The number of carbonyl (C=O) groups excluding carboxylic acids is 1. The van der Waals surface area contributed by atoms with Crippen molar-refractivity contribution in [1.29, 1.82) is 0 Å². The quantitative estimate of drug-likeness (QED) is 0.766. The minimum absolute atomic E-state index is 0.122. The Bertz CT molecular complexity index is 525. The number of ether oxygens (including phenoxy) is 1. The van der Waals surface area contributed by atoms with Gasteiger partial charge in [-0.15, -0.1) is 0 Å². The molecule has 0 aliphatic rings. The van der Waals surface area contributed by atoms with Crippen molar-refractivity contribution >= 4 is 16.0 Å². The van der Waals surface area contributed by atoms with Gasteiger partial charge in [-0.1, -0.05) is 0 Å².